The fourth-order valence-electron chi connectivity index (χ4n) is 2.83. The van der Waals surface area contributed by atoms with Gasteiger partial charge in [0.25, 0.3) is 5.91 Å². The highest BCUT2D eigenvalue weighted by Gasteiger charge is 2.08. The summed E-state index contributed by atoms with van der Waals surface area (Å²) in [5.41, 5.74) is 1.82. The number of nitrogens with zero attached hydrogens (tertiary/aromatic N) is 2. The molecule has 1 amide bonds. The Bertz CT molecular complexity index is 1050. The molecular weight excluding hydrogens is 388 g/mol. The number of carbonyl (C=O) groups excluding carboxylic acids is 1. The number of hydrogen-bond donors (Lipinski definition) is 2. The van der Waals surface area contributed by atoms with Crippen LogP contribution >= 0.6 is 11.6 Å². The van der Waals surface area contributed by atoms with Crippen molar-refractivity contribution in [3.63, 3.8) is 0 Å². The number of pyridine rings is 1. The number of hydrogen-bond acceptors (Lipinski definition) is 5. The first kappa shape index (κ1) is 20.4. The van der Waals surface area contributed by atoms with Crippen molar-refractivity contribution in [1.82, 2.24) is 10.3 Å². The minimum Gasteiger partial charge on any atom is -0.494 e. The van der Waals surface area contributed by atoms with Crippen molar-refractivity contribution in [3.05, 3.63) is 64.7 Å². The van der Waals surface area contributed by atoms with Gasteiger partial charge in [-0.2, -0.15) is 5.26 Å². The molecule has 0 bridgehead atoms. The highest BCUT2D eigenvalue weighted by molar-refractivity contribution is 6.30. The number of amides is 1. The van der Waals surface area contributed by atoms with E-state index >= 15 is 0 Å². The van der Waals surface area contributed by atoms with Crippen molar-refractivity contribution in [2.75, 3.05) is 25.0 Å². The summed E-state index contributed by atoms with van der Waals surface area (Å²) in [6, 6.07) is 16.3. The summed E-state index contributed by atoms with van der Waals surface area (Å²) < 4.78 is 5.50. The zero-order valence-electron chi connectivity index (χ0n) is 16.0. The average Bonchev–Trinajstić information content (AvgIpc) is 2.73. The van der Waals surface area contributed by atoms with Gasteiger partial charge in [0.1, 0.15) is 17.6 Å². The molecule has 2 N–H and O–H groups in total. The van der Waals surface area contributed by atoms with E-state index in [4.69, 9.17) is 16.3 Å². The van der Waals surface area contributed by atoms with E-state index in [0.717, 1.165) is 16.7 Å². The second-order valence-corrected chi connectivity index (χ2v) is 6.76. The molecule has 0 radical (unpaired) electrons. The molecule has 3 aromatic rings. The number of carbonyl (C=O) groups is 1. The smallest absolute Gasteiger partial charge is 0.251 e. The summed E-state index contributed by atoms with van der Waals surface area (Å²) in [6.45, 7) is 3.58. The molecule has 7 heteroatoms. The molecule has 0 aliphatic rings. The van der Waals surface area contributed by atoms with E-state index in [-0.39, 0.29) is 5.91 Å². The minimum atomic E-state index is -0.145. The van der Waals surface area contributed by atoms with Crippen LogP contribution in [0.5, 0.6) is 5.75 Å². The zero-order chi connectivity index (χ0) is 20.6. The lowest BCUT2D eigenvalue weighted by Crippen LogP contribution is -2.25. The van der Waals surface area contributed by atoms with Gasteiger partial charge in [-0.3, -0.25) is 4.79 Å². The normalized spacial score (nSPS) is 10.4. The van der Waals surface area contributed by atoms with Gasteiger partial charge in [-0.25, -0.2) is 4.98 Å². The van der Waals surface area contributed by atoms with Crippen molar-refractivity contribution in [1.29, 1.82) is 5.26 Å². The molecular formula is C22H21ClN4O2. The number of aromatic nitrogens is 1. The molecule has 0 unspecified atom stereocenters. The van der Waals surface area contributed by atoms with Gasteiger partial charge in [-0.05, 0) is 61.9 Å². The number of benzene rings is 2. The maximum atomic E-state index is 12.1. The third kappa shape index (κ3) is 5.37. The number of halogens is 1. The van der Waals surface area contributed by atoms with Crippen LogP contribution in [0.15, 0.2) is 48.5 Å². The molecule has 3 rings (SSSR count). The second-order valence-electron chi connectivity index (χ2n) is 6.33. The summed E-state index contributed by atoms with van der Waals surface area (Å²) in [6.07, 6.45) is 0.688. The molecule has 29 heavy (non-hydrogen) atoms. The molecule has 6 nitrogen and oxygen atoms in total. The van der Waals surface area contributed by atoms with Crippen LogP contribution in [0, 0.1) is 11.3 Å². The quantitative estimate of drug-likeness (QED) is 0.540. The molecule has 148 valence electrons. The molecule has 1 aromatic heterocycles. The van der Waals surface area contributed by atoms with Crippen LogP contribution in [0.4, 0.5) is 5.82 Å². The standard InChI is InChI=1S/C22H21ClN4O2/c1-2-29-19-8-9-20-16(13-19)12-17(14-24)21(27-20)25-10-3-11-26-22(28)15-4-6-18(23)7-5-15/h4-9,12-13H,2-3,10-11H2,1H3,(H,25,27)(H,26,28). The predicted molar refractivity (Wildman–Crippen MR) is 115 cm³/mol. The molecule has 1 heterocycles. The van der Waals surface area contributed by atoms with E-state index in [1.165, 1.54) is 0 Å². The van der Waals surface area contributed by atoms with Gasteiger partial charge in [0, 0.05) is 29.1 Å². The highest BCUT2D eigenvalue weighted by Crippen LogP contribution is 2.24. The lowest BCUT2D eigenvalue weighted by atomic mass is 10.1. The molecule has 0 atom stereocenters. The second kappa shape index (κ2) is 9.76. The molecule has 0 aliphatic carbocycles. The Morgan fingerprint density at radius 2 is 1.97 bits per heavy atom. The van der Waals surface area contributed by atoms with Crippen molar-refractivity contribution < 1.29 is 9.53 Å². The number of rotatable bonds is 8. The van der Waals surface area contributed by atoms with Gasteiger partial charge in [0.15, 0.2) is 0 Å². The maximum absolute atomic E-state index is 12.1. The van der Waals surface area contributed by atoms with Gasteiger partial charge in [0.05, 0.1) is 17.7 Å². The minimum absolute atomic E-state index is 0.145. The van der Waals surface area contributed by atoms with E-state index < -0.39 is 0 Å². The largest absolute Gasteiger partial charge is 0.494 e. The van der Waals surface area contributed by atoms with Crippen LogP contribution in [0.3, 0.4) is 0 Å². The Morgan fingerprint density at radius 3 is 2.69 bits per heavy atom. The van der Waals surface area contributed by atoms with Crippen LogP contribution in [-0.2, 0) is 0 Å². The lowest BCUT2D eigenvalue weighted by molar-refractivity contribution is 0.0953. The Hall–Kier alpha value is -3.30. The third-order valence-electron chi connectivity index (χ3n) is 4.26. The van der Waals surface area contributed by atoms with E-state index in [9.17, 15) is 10.1 Å². The number of nitrogens with one attached hydrogen (secondary N) is 2. The highest BCUT2D eigenvalue weighted by atomic mass is 35.5. The average molecular weight is 409 g/mol. The Morgan fingerprint density at radius 1 is 1.17 bits per heavy atom. The van der Waals surface area contributed by atoms with Crippen LogP contribution < -0.4 is 15.4 Å². The Labute approximate surface area is 174 Å². The van der Waals surface area contributed by atoms with E-state index in [1.54, 1.807) is 30.3 Å². The van der Waals surface area contributed by atoms with Crippen LogP contribution in [0.2, 0.25) is 5.02 Å². The van der Waals surface area contributed by atoms with Crippen molar-refractivity contribution in [2.24, 2.45) is 0 Å². The first-order chi connectivity index (χ1) is 14.1. The van der Waals surface area contributed by atoms with Crippen LogP contribution in [-0.4, -0.2) is 30.6 Å². The zero-order valence-corrected chi connectivity index (χ0v) is 16.8. The summed E-state index contributed by atoms with van der Waals surface area (Å²) in [4.78, 5) is 16.6. The Kier molecular flexibility index (Phi) is 6.88. The van der Waals surface area contributed by atoms with Gasteiger partial charge in [-0.15, -0.1) is 0 Å². The molecule has 0 spiro atoms. The van der Waals surface area contributed by atoms with Gasteiger partial charge in [0.2, 0.25) is 0 Å². The van der Waals surface area contributed by atoms with E-state index in [2.05, 4.69) is 21.7 Å². The van der Waals surface area contributed by atoms with E-state index in [0.29, 0.717) is 48.1 Å². The number of fused-ring (bicyclic) bond motifs is 1. The van der Waals surface area contributed by atoms with Crippen molar-refractivity contribution in [3.8, 4) is 11.8 Å². The topological polar surface area (TPSA) is 87.0 Å². The summed E-state index contributed by atoms with van der Waals surface area (Å²) in [7, 11) is 0. The van der Waals surface area contributed by atoms with E-state index in [1.807, 2.05) is 25.1 Å². The monoisotopic (exact) mass is 408 g/mol. The summed E-state index contributed by atoms with van der Waals surface area (Å²) in [5.74, 6) is 1.14. The molecule has 0 aliphatic heterocycles. The number of nitriles is 1. The first-order valence-corrected chi connectivity index (χ1v) is 9.74. The van der Waals surface area contributed by atoms with Gasteiger partial charge in [-0.1, -0.05) is 11.6 Å². The van der Waals surface area contributed by atoms with Crippen LogP contribution in [0.1, 0.15) is 29.3 Å². The molecule has 0 saturated heterocycles. The van der Waals surface area contributed by atoms with Gasteiger partial charge < -0.3 is 15.4 Å². The lowest BCUT2D eigenvalue weighted by Gasteiger charge is -2.10. The SMILES string of the molecule is CCOc1ccc2nc(NCCCNC(=O)c3ccc(Cl)cc3)c(C#N)cc2c1. The fourth-order valence-corrected chi connectivity index (χ4v) is 2.96. The van der Waals surface area contributed by atoms with Crippen molar-refractivity contribution in [2.45, 2.75) is 13.3 Å². The maximum Gasteiger partial charge on any atom is 0.251 e. The molecule has 0 fully saturated rings. The Balaban J connectivity index is 1.56. The predicted octanol–water partition coefficient (Wildman–Crippen LogP) is 4.39. The number of ether oxygens (including phenoxy) is 1. The third-order valence-corrected chi connectivity index (χ3v) is 4.51. The van der Waals surface area contributed by atoms with Crippen LogP contribution in [0.25, 0.3) is 10.9 Å². The summed E-state index contributed by atoms with van der Waals surface area (Å²) in [5, 5.41) is 16.9. The van der Waals surface area contributed by atoms with Crippen molar-refractivity contribution >= 4 is 34.2 Å². The number of anilines is 1. The first-order valence-electron chi connectivity index (χ1n) is 9.36. The molecule has 0 saturated carbocycles. The van der Waals surface area contributed by atoms with Gasteiger partial charge >= 0.3 is 0 Å². The molecule has 2 aromatic carbocycles. The fraction of sp³-hybridized carbons (Fsp3) is 0.227. The summed E-state index contributed by atoms with van der Waals surface area (Å²) >= 11 is 5.83.